The maximum Gasteiger partial charge on any atom is 0.254 e. The van der Waals surface area contributed by atoms with E-state index < -0.39 is 0 Å². The van der Waals surface area contributed by atoms with Crippen molar-refractivity contribution in [3.63, 3.8) is 0 Å². The summed E-state index contributed by atoms with van der Waals surface area (Å²) in [6.07, 6.45) is 3.65. The zero-order valence-corrected chi connectivity index (χ0v) is 21.6. The molecule has 2 heterocycles. The lowest BCUT2D eigenvalue weighted by molar-refractivity contribution is -0.122. The van der Waals surface area contributed by atoms with E-state index in [1.165, 1.54) is 0 Å². The van der Waals surface area contributed by atoms with Crippen molar-refractivity contribution in [2.24, 2.45) is 5.92 Å². The molecule has 3 fully saturated rings. The van der Waals surface area contributed by atoms with Crippen molar-refractivity contribution in [1.82, 2.24) is 15.1 Å². The summed E-state index contributed by atoms with van der Waals surface area (Å²) in [6.45, 7) is 5.39. The fraction of sp³-hybridized carbons (Fsp3) is 0.448. The molecule has 3 aliphatic rings. The van der Waals surface area contributed by atoms with E-state index in [0.717, 1.165) is 51.0 Å². The first kappa shape index (κ1) is 25.7. The molecule has 5 rings (SSSR count). The monoisotopic (exact) mass is 514 g/mol. The summed E-state index contributed by atoms with van der Waals surface area (Å²) >= 11 is 0. The minimum absolute atomic E-state index is 0.0108. The van der Waals surface area contributed by atoms with Crippen LogP contribution in [0.15, 0.2) is 42.5 Å². The number of benzene rings is 2. The van der Waals surface area contributed by atoms with Crippen LogP contribution in [0.3, 0.4) is 0 Å². The van der Waals surface area contributed by atoms with Gasteiger partial charge in [-0.3, -0.25) is 14.4 Å². The van der Waals surface area contributed by atoms with Crippen LogP contribution in [-0.4, -0.2) is 79.9 Å². The smallest absolute Gasteiger partial charge is 0.254 e. The summed E-state index contributed by atoms with van der Waals surface area (Å²) in [4.78, 5) is 45.1. The first-order valence-corrected chi connectivity index (χ1v) is 13.5. The molecule has 0 atom stereocenters. The van der Waals surface area contributed by atoms with E-state index in [-0.39, 0.29) is 23.6 Å². The normalized spacial score (nSPS) is 18.2. The van der Waals surface area contributed by atoms with Crippen molar-refractivity contribution in [2.45, 2.75) is 25.7 Å². The third-order valence-electron chi connectivity index (χ3n) is 7.77. The van der Waals surface area contributed by atoms with Crippen molar-refractivity contribution >= 4 is 29.1 Å². The third kappa shape index (κ3) is 5.65. The molecular formula is C29H34N6O3. The van der Waals surface area contributed by atoms with Crippen molar-refractivity contribution in [3.8, 4) is 6.07 Å². The van der Waals surface area contributed by atoms with Crippen LogP contribution >= 0.6 is 0 Å². The quantitative estimate of drug-likeness (QED) is 0.635. The Morgan fingerprint density at radius 2 is 1.50 bits per heavy atom. The highest BCUT2D eigenvalue weighted by Gasteiger charge is 2.28. The van der Waals surface area contributed by atoms with Crippen molar-refractivity contribution in [1.29, 1.82) is 5.26 Å². The number of amides is 3. The van der Waals surface area contributed by atoms with E-state index in [1.807, 2.05) is 28.0 Å². The largest absolute Gasteiger partial charge is 0.368 e. The second kappa shape index (κ2) is 11.7. The third-order valence-corrected chi connectivity index (χ3v) is 7.77. The summed E-state index contributed by atoms with van der Waals surface area (Å²) in [5.41, 5.74) is 3.21. The number of hydrogen-bond acceptors (Lipinski definition) is 6. The lowest BCUT2D eigenvalue weighted by Crippen LogP contribution is -2.46. The van der Waals surface area contributed by atoms with Gasteiger partial charge < -0.3 is 25.3 Å². The number of carbonyl (C=O) groups is 3. The molecule has 1 aliphatic carbocycles. The van der Waals surface area contributed by atoms with E-state index in [1.54, 1.807) is 24.3 Å². The average molecular weight is 515 g/mol. The number of piperazine rings is 1. The SMILES string of the molecule is N#Cc1ccc(C(=O)N2CCCN(c3ccc(C(=O)N4CCNCC4)cc3NC(=O)C3CCC3)CC2)cc1. The molecule has 3 amide bonds. The van der Waals surface area contributed by atoms with Crippen LogP contribution in [0.5, 0.6) is 0 Å². The molecule has 2 saturated heterocycles. The first-order valence-electron chi connectivity index (χ1n) is 13.5. The molecule has 38 heavy (non-hydrogen) atoms. The number of rotatable bonds is 5. The van der Waals surface area contributed by atoms with Gasteiger partial charge in [0.25, 0.3) is 11.8 Å². The minimum atomic E-state index is -0.0492. The molecule has 2 aromatic carbocycles. The number of nitrogens with one attached hydrogen (secondary N) is 2. The Balaban J connectivity index is 1.34. The standard InChI is InChI=1S/C29H34N6O3/c30-20-21-5-7-23(8-6-21)28(37)34-14-2-13-33(17-18-34)26-10-9-24(29(38)35-15-11-31-12-16-35)19-25(26)32-27(36)22-3-1-4-22/h5-10,19,22,31H,1-4,11-18H2,(H,32,36). The van der Waals surface area contributed by atoms with Gasteiger partial charge in [-0.1, -0.05) is 6.42 Å². The van der Waals surface area contributed by atoms with Gasteiger partial charge >= 0.3 is 0 Å². The molecule has 0 radical (unpaired) electrons. The molecule has 9 nitrogen and oxygen atoms in total. The summed E-state index contributed by atoms with van der Waals surface area (Å²) in [6, 6.07) is 14.4. The van der Waals surface area contributed by atoms with E-state index in [4.69, 9.17) is 5.26 Å². The number of nitrogens with zero attached hydrogens (tertiary/aromatic N) is 4. The first-order chi connectivity index (χ1) is 18.5. The Kier molecular flexibility index (Phi) is 7.89. The summed E-state index contributed by atoms with van der Waals surface area (Å²) in [7, 11) is 0. The number of hydrogen-bond donors (Lipinski definition) is 2. The van der Waals surface area contributed by atoms with Crippen LogP contribution < -0.4 is 15.5 Å². The highest BCUT2D eigenvalue weighted by molar-refractivity contribution is 6.01. The van der Waals surface area contributed by atoms with Gasteiger partial charge in [0, 0.05) is 69.4 Å². The average Bonchev–Trinajstić information content (AvgIpc) is 3.18. The van der Waals surface area contributed by atoms with Crippen molar-refractivity contribution < 1.29 is 14.4 Å². The number of carbonyl (C=O) groups excluding carboxylic acids is 3. The molecule has 0 bridgehead atoms. The molecular weight excluding hydrogens is 480 g/mol. The molecule has 198 valence electrons. The fourth-order valence-electron chi connectivity index (χ4n) is 5.23. The van der Waals surface area contributed by atoms with E-state index in [2.05, 4.69) is 21.6 Å². The van der Waals surface area contributed by atoms with Crippen LogP contribution in [0.1, 0.15) is 52.0 Å². The topological polar surface area (TPSA) is 109 Å². The Hall–Kier alpha value is -3.90. The fourth-order valence-corrected chi connectivity index (χ4v) is 5.23. The molecule has 0 unspecified atom stereocenters. The van der Waals surface area contributed by atoms with Gasteiger partial charge in [0.05, 0.1) is 23.0 Å². The lowest BCUT2D eigenvalue weighted by atomic mass is 9.85. The number of nitriles is 1. The van der Waals surface area contributed by atoms with Crippen molar-refractivity contribution in [3.05, 3.63) is 59.2 Å². The predicted molar refractivity (Wildman–Crippen MR) is 145 cm³/mol. The van der Waals surface area contributed by atoms with Gasteiger partial charge in [-0.05, 0) is 61.7 Å². The maximum atomic E-state index is 13.2. The van der Waals surface area contributed by atoms with Crippen LogP contribution in [0.25, 0.3) is 0 Å². The molecule has 0 spiro atoms. The maximum absolute atomic E-state index is 13.2. The molecule has 9 heteroatoms. The molecule has 2 N–H and O–H groups in total. The lowest BCUT2D eigenvalue weighted by Gasteiger charge is -2.30. The van der Waals surface area contributed by atoms with Crippen LogP contribution in [-0.2, 0) is 4.79 Å². The van der Waals surface area contributed by atoms with Gasteiger partial charge in [-0.15, -0.1) is 0 Å². The second-order valence-electron chi connectivity index (χ2n) is 10.2. The zero-order valence-electron chi connectivity index (χ0n) is 21.6. The van der Waals surface area contributed by atoms with Crippen LogP contribution in [0.4, 0.5) is 11.4 Å². The van der Waals surface area contributed by atoms with E-state index >= 15 is 0 Å². The van der Waals surface area contributed by atoms with Gasteiger partial charge in [0.15, 0.2) is 0 Å². The summed E-state index contributed by atoms with van der Waals surface area (Å²) in [5, 5.41) is 15.4. The summed E-state index contributed by atoms with van der Waals surface area (Å²) < 4.78 is 0. The minimum Gasteiger partial charge on any atom is -0.368 e. The van der Waals surface area contributed by atoms with Crippen LogP contribution in [0.2, 0.25) is 0 Å². The zero-order chi connectivity index (χ0) is 26.5. The Bertz CT molecular complexity index is 1230. The molecule has 2 aliphatic heterocycles. The van der Waals surface area contributed by atoms with Crippen molar-refractivity contribution in [2.75, 3.05) is 62.6 Å². The predicted octanol–water partition coefficient (Wildman–Crippen LogP) is 2.69. The number of anilines is 2. The Morgan fingerprint density at radius 1 is 0.816 bits per heavy atom. The van der Waals surface area contributed by atoms with Gasteiger partial charge in [-0.2, -0.15) is 5.26 Å². The molecule has 0 aromatic heterocycles. The Labute approximate surface area is 223 Å². The van der Waals surface area contributed by atoms with E-state index in [0.29, 0.717) is 55.1 Å². The van der Waals surface area contributed by atoms with Gasteiger partial charge in [0.1, 0.15) is 0 Å². The van der Waals surface area contributed by atoms with Gasteiger partial charge in [0.2, 0.25) is 5.91 Å². The molecule has 1 saturated carbocycles. The summed E-state index contributed by atoms with van der Waals surface area (Å²) in [5.74, 6) is -0.0316. The highest BCUT2D eigenvalue weighted by Crippen LogP contribution is 2.32. The van der Waals surface area contributed by atoms with Gasteiger partial charge in [-0.25, -0.2) is 0 Å². The van der Waals surface area contributed by atoms with Crippen LogP contribution in [0, 0.1) is 17.2 Å². The molecule has 2 aromatic rings. The Morgan fingerprint density at radius 3 is 2.18 bits per heavy atom. The van der Waals surface area contributed by atoms with E-state index in [9.17, 15) is 14.4 Å². The second-order valence-corrected chi connectivity index (χ2v) is 10.2. The highest BCUT2D eigenvalue weighted by atomic mass is 16.2.